The van der Waals surface area contributed by atoms with Crippen LogP contribution in [-0.2, 0) is 6.54 Å². The Balaban J connectivity index is 1.76. The number of rotatable bonds is 6. The minimum atomic E-state index is -0.773. The molecule has 0 aliphatic heterocycles. The van der Waals surface area contributed by atoms with Gasteiger partial charge in [0.2, 0.25) is 5.69 Å². The van der Waals surface area contributed by atoms with Gasteiger partial charge in [-0.25, -0.2) is 5.43 Å². The third-order valence-electron chi connectivity index (χ3n) is 3.64. The van der Waals surface area contributed by atoms with Crippen molar-refractivity contribution >= 4 is 45.3 Å². The monoisotopic (exact) mass is 461 g/mol. The lowest BCUT2D eigenvalue weighted by molar-refractivity contribution is -0.385. The predicted molar refractivity (Wildman–Crippen MR) is 109 cm³/mol. The summed E-state index contributed by atoms with van der Waals surface area (Å²) in [6.07, 6.45) is 2.62. The van der Waals surface area contributed by atoms with Gasteiger partial charge in [0.15, 0.2) is 0 Å². The fourth-order valence-electron chi connectivity index (χ4n) is 2.38. The van der Waals surface area contributed by atoms with Gasteiger partial charge in [-0.3, -0.25) is 19.6 Å². The number of nitro groups is 1. The molecule has 0 saturated heterocycles. The molecule has 8 nitrogen and oxygen atoms in total. The molecule has 0 spiro atoms. The molecule has 28 heavy (non-hydrogen) atoms. The lowest BCUT2D eigenvalue weighted by Gasteiger charge is -2.01. The number of carbonyl (C=O) groups is 1. The number of halogens is 2. The van der Waals surface area contributed by atoms with Crippen LogP contribution in [-0.4, -0.2) is 26.8 Å². The highest BCUT2D eigenvalue weighted by atomic mass is 79.9. The van der Waals surface area contributed by atoms with Crippen molar-refractivity contribution in [3.8, 4) is 0 Å². The van der Waals surface area contributed by atoms with Gasteiger partial charge < -0.3 is 0 Å². The highest BCUT2D eigenvalue weighted by Gasteiger charge is 2.25. The van der Waals surface area contributed by atoms with E-state index >= 15 is 0 Å². The van der Waals surface area contributed by atoms with E-state index in [1.165, 1.54) is 17.1 Å². The first-order valence-electron chi connectivity index (χ1n) is 7.97. The Labute approximate surface area is 173 Å². The van der Waals surface area contributed by atoms with Crippen molar-refractivity contribution in [3.05, 3.63) is 91.2 Å². The van der Waals surface area contributed by atoms with E-state index < -0.39 is 16.5 Å². The van der Waals surface area contributed by atoms with Crippen LogP contribution in [0, 0.1) is 10.1 Å². The Morgan fingerprint density at radius 1 is 1.32 bits per heavy atom. The SMILES string of the molecule is O=C(N/N=C/c1ccc(Cl)cc1)c1nn(Cc2cccc(Br)c2)cc1[N+](=O)[O-]. The lowest BCUT2D eigenvalue weighted by atomic mass is 10.2. The summed E-state index contributed by atoms with van der Waals surface area (Å²) in [5, 5.41) is 19.7. The maximum Gasteiger partial charge on any atom is 0.320 e. The zero-order valence-corrected chi connectivity index (χ0v) is 16.6. The molecule has 0 aliphatic rings. The average molecular weight is 463 g/mol. The molecule has 1 N–H and O–H groups in total. The number of nitrogens with zero attached hydrogens (tertiary/aromatic N) is 4. The molecule has 0 unspecified atom stereocenters. The molecule has 0 bridgehead atoms. The summed E-state index contributed by atoms with van der Waals surface area (Å²) in [4.78, 5) is 22.9. The van der Waals surface area contributed by atoms with Crippen LogP contribution in [0.2, 0.25) is 5.02 Å². The zero-order chi connectivity index (χ0) is 20.1. The van der Waals surface area contributed by atoms with Crippen LogP contribution in [0.15, 0.2) is 64.3 Å². The first-order valence-corrected chi connectivity index (χ1v) is 9.15. The fraction of sp³-hybridized carbons (Fsp3) is 0.0556. The number of hydrogen-bond donors (Lipinski definition) is 1. The van der Waals surface area contributed by atoms with Crippen LogP contribution in [0.4, 0.5) is 5.69 Å². The third kappa shape index (κ3) is 5.02. The van der Waals surface area contributed by atoms with E-state index in [4.69, 9.17) is 11.6 Å². The van der Waals surface area contributed by atoms with Crippen molar-refractivity contribution in [2.24, 2.45) is 5.10 Å². The molecule has 1 aromatic heterocycles. The molecule has 0 radical (unpaired) electrons. The second-order valence-electron chi connectivity index (χ2n) is 5.70. The predicted octanol–water partition coefficient (Wildman–Crippen LogP) is 4.02. The van der Waals surface area contributed by atoms with E-state index in [9.17, 15) is 14.9 Å². The lowest BCUT2D eigenvalue weighted by Crippen LogP contribution is -2.19. The van der Waals surface area contributed by atoms with Crippen LogP contribution in [0.3, 0.4) is 0 Å². The molecule has 2 aromatic carbocycles. The number of nitrogens with one attached hydrogen (secondary N) is 1. The average Bonchev–Trinajstić information content (AvgIpc) is 3.07. The minimum absolute atomic E-state index is 0.279. The summed E-state index contributed by atoms with van der Waals surface area (Å²) in [6.45, 7) is 0.279. The Morgan fingerprint density at radius 3 is 2.75 bits per heavy atom. The van der Waals surface area contributed by atoms with Crippen LogP contribution in [0.1, 0.15) is 21.6 Å². The van der Waals surface area contributed by atoms with Crippen LogP contribution >= 0.6 is 27.5 Å². The molecule has 3 aromatic rings. The van der Waals surface area contributed by atoms with E-state index in [-0.39, 0.29) is 12.2 Å². The first-order chi connectivity index (χ1) is 13.4. The van der Waals surface area contributed by atoms with Crippen LogP contribution < -0.4 is 5.43 Å². The Morgan fingerprint density at radius 2 is 2.07 bits per heavy atom. The molecular weight excluding hydrogens is 450 g/mol. The Kier molecular flexibility index (Phi) is 6.17. The second kappa shape index (κ2) is 8.77. The molecule has 0 atom stereocenters. The van der Waals surface area contributed by atoms with Crippen molar-refractivity contribution in [1.82, 2.24) is 15.2 Å². The van der Waals surface area contributed by atoms with Crippen molar-refractivity contribution in [1.29, 1.82) is 0 Å². The van der Waals surface area contributed by atoms with Gasteiger partial charge in [-0.2, -0.15) is 10.2 Å². The van der Waals surface area contributed by atoms with Gasteiger partial charge in [-0.05, 0) is 35.4 Å². The molecule has 3 rings (SSSR count). The van der Waals surface area contributed by atoms with Gasteiger partial charge in [0.1, 0.15) is 6.20 Å². The molecule has 142 valence electrons. The number of amides is 1. The summed E-state index contributed by atoms with van der Waals surface area (Å²) in [6, 6.07) is 14.2. The van der Waals surface area contributed by atoms with E-state index in [2.05, 4.69) is 31.6 Å². The second-order valence-corrected chi connectivity index (χ2v) is 7.05. The van der Waals surface area contributed by atoms with E-state index in [1.807, 2.05) is 24.3 Å². The van der Waals surface area contributed by atoms with Gasteiger partial charge >= 0.3 is 5.69 Å². The highest BCUT2D eigenvalue weighted by Crippen LogP contribution is 2.19. The summed E-state index contributed by atoms with van der Waals surface area (Å²) < 4.78 is 2.22. The molecule has 0 saturated carbocycles. The standard InChI is InChI=1S/C18H13BrClN5O3/c19-14-3-1-2-13(8-14)10-24-11-16(25(27)28)17(23-24)18(26)22-21-9-12-4-6-15(20)7-5-12/h1-9,11H,10H2,(H,22,26)/b21-9+. The van der Waals surface area contributed by atoms with Crippen LogP contribution in [0.25, 0.3) is 0 Å². The normalized spacial score (nSPS) is 10.9. The summed E-state index contributed by atoms with van der Waals surface area (Å²) >= 11 is 9.17. The number of aromatic nitrogens is 2. The van der Waals surface area contributed by atoms with Gasteiger partial charge in [0.25, 0.3) is 5.91 Å². The molecule has 10 heteroatoms. The van der Waals surface area contributed by atoms with E-state index in [0.717, 1.165) is 10.0 Å². The summed E-state index contributed by atoms with van der Waals surface area (Å²) in [5.41, 5.74) is 3.13. The van der Waals surface area contributed by atoms with Crippen molar-refractivity contribution in [2.75, 3.05) is 0 Å². The number of hydrogen-bond acceptors (Lipinski definition) is 5. The highest BCUT2D eigenvalue weighted by molar-refractivity contribution is 9.10. The minimum Gasteiger partial charge on any atom is -0.265 e. The van der Waals surface area contributed by atoms with E-state index in [0.29, 0.717) is 10.6 Å². The third-order valence-corrected chi connectivity index (χ3v) is 4.38. The Hall–Kier alpha value is -3.04. The van der Waals surface area contributed by atoms with Gasteiger partial charge in [0, 0.05) is 9.50 Å². The number of benzene rings is 2. The maximum atomic E-state index is 12.3. The van der Waals surface area contributed by atoms with Crippen LogP contribution in [0.5, 0.6) is 0 Å². The van der Waals surface area contributed by atoms with Crippen molar-refractivity contribution in [3.63, 3.8) is 0 Å². The molecular formula is C18H13BrClN5O3. The Bertz CT molecular complexity index is 1050. The van der Waals surface area contributed by atoms with Gasteiger partial charge in [-0.15, -0.1) is 0 Å². The summed E-state index contributed by atoms with van der Waals surface area (Å²) in [7, 11) is 0. The largest absolute Gasteiger partial charge is 0.320 e. The fourth-order valence-corrected chi connectivity index (χ4v) is 2.95. The molecule has 0 aliphatic carbocycles. The van der Waals surface area contributed by atoms with E-state index in [1.54, 1.807) is 24.3 Å². The topological polar surface area (TPSA) is 102 Å². The molecule has 0 fully saturated rings. The van der Waals surface area contributed by atoms with Gasteiger partial charge in [-0.1, -0.05) is 51.8 Å². The van der Waals surface area contributed by atoms with Crippen molar-refractivity contribution in [2.45, 2.75) is 6.54 Å². The van der Waals surface area contributed by atoms with Gasteiger partial charge in [0.05, 0.1) is 17.7 Å². The summed E-state index contributed by atoms with van der Waals surface area (Å²) in [5.74, 6) is -0.773. The maximum absolute atomic E-state index is 12.3. The zero-order valence-electron chi connectivity index (χ0n) is 14.3. The quantitative estimate of drug-likeness (QED) is 0.339. The number of carbonyl (C=O) groups excluding carboxylic acids is 1. The molecule has 1 amide bonds. The first kappa shape index (κ1) is 19.7. The smallest absolute Gasteiger partial charge is 0.265 e. The number of hydrazone groups is 1. The molecule has 1 heterocycles. The van der Waals surface area contributed by atoms with Crippen molar-refractivity contribution < 1.29 is 9.72 Å².